The third kappa shape index (κ3) is 4.69. The fourth-order valence-electron chi connectivity index (χ4n) is 2.03. The van der Waals surface area contributed by atoms with Crippen molar-refractivity contribution >= 4 is 11.7 Å². The number of amides is 2. The number of aliphatic hydroxyl groups is 1. The van der Waals surface area contributed by atoms with Crippen LogP contribution in [0.3, 0.4) is 0 Å². The largest absolute Gasteiger partial charge is 0.491 e. The molecule has 0 radical (unpaired) electrons. The SMILES string of the molecule is Cc1c(F)cccc1NC(=O)NCc1ccccc1OCCO. The molecule has 0 unspecified atom stereocenters. The van der Waals surface area contributed by atoms with Crippen molar-refractivity contribution in [2.24, 2.45) is 0 Å². The van der Waals surface area contributed by atoms with Crippen LogP contribution in [0.4, 0.5) is 14.9 Å². The van der Waals surface area contributed by atoms with Crippen LogP contribution in [-0.2, 0) is 6.54 Å². The Labute approximate surface area is 134 Å². The third-order valence-electron chi connectivity index (χ3n) is 3.28. The van der Waals surface area contributed by atoms with Gasteiger partial charge < -0.3 is 20.5 Å². The average molecular weight is 318 g/mol. The number of carbonyl (C=O) groups excluding carboxylic acids is 1. The van der Waals surface area contributed by atoms with Gasteiger partial charge in [-0.15, -0.1) is 0 Å². The normalized spacial score (nSPS) is 10.2. The summed E-state index contributed by atoms with van der Waals surface area (Å²) < 4.78 is 18.8. The van der Waals surface area contributed by atoms with Crippen molar-refractivity contribution in [3.05, 3.63) is 59.4 Å². The van der Waals surface area contributed by atoms with Gasteiger partial charge in [-0.2, -0.15) is 0 Å². The molecule has 0 heterocycles. The van der Waals surface area contributed by atoms with Crippen molar-refractivity contribution in [3.63, 3.8) is 0 Å². The molecular weight excluding hydrogens is 299 g/mol. The minimum atomic E-state index is -0.435. The van der Waals surface area contributed by atoms with E-state index in [0.717, 1.165) is 5.56 Å². The number of nitrogens with one attached hydrogen (secondary N) is 2. The number of ether oxygens (including phenoxy) is 1. The van der Waals surface area contributed by atoms with Crippen LogP contribution in [0.2, 0.25) is 0 Å². The summed E-state index contributed by atoms with van der Waals surface area (Å²) in [5.41, 5.74) is 1.59. The smallest absolute Gasteiger partial charge is 0.319 e. The summed E-state index contributed by atoms with van der Waals surface area (Å²) in [6, 6.07) is 11.3. The summed E-state index contributed by atoms with van der Waals surface area (Å²) in [6.07, 6.45) is 0. The lowest BCUT2D eigenvalue weighted by molar-refractivity contribution is 0.200. The highest BCUT2D eigenvalue weighted by Gasteiger charge is 2.08. The molecule has 2 rings (SSSR count). The highest BCUT2D eigenvalue weighted by molar-refractivity contribution is 5.90. The molecule has 23 heavy (non-hydrogen) atoms. The number of urea groups is 1. The van der Waals surface area contributed by atoms with Gasteiger partial charge in [-0.3, -0.25) is 0 Å². The molecule has 2 aromatic carbocycles. The maximum Gasteiger partial charge on any atom is 0.319 e. The molecule has 2 aromatic rings. The number of rotatable bonds is 6. The molecule has 0 saturated carbocycles. The maximum absolute atomic E-state index is 13.4. The number of carbonyl (C=O) groups is 1. The van der Waals surface area contributed by atoms with Crippen molar-refractivity contribution in [3.8, 4) is 5.75 Å². The van der Waals surface area contributed by atoms with Crippen molar-refractivity contribution in [1.82, 2.24) is 5.32 Å². The van der Waals surface area contributed by atoms with E-state index in [1.54, 1.807) is 19.1 Å². The fourth-order valence-corrected chi connectivity index (χ4v) is 2.03. The molecule has 0 saturated heterocycles. The van der Waals surface area contributed by atoms with Crippen LogP contribution < -0.4 is 15.4 Å². The zero-order chi connectivity index (χ0) is 16.7. The quantitative estimate of drug-likeness (QED) is 0.767. The lowest BCUT2D eigenvalue weighted by Crippen LogP contribution is -2.28. The van der Waals surface area contributed by atoms with Gasteiger partial charge in [0.25, 0.3) is 0 Å². The molecule has 0 aromatic heterocycles. The topological polar surface area (TPSA) is 70.6 Å². The summed E-state index contributed by atoms with van der Waals surface area (Å²) in [6.45, 7) is 1.96. The lowest BCUT2D eigenvalue weighted by Gasteiger charge is -2.13. The van der Waals surface area contributed by atoms with Gasteiger partial charge in [0.2, 0.25) is 0 Å². The number of benzene rings is 2. The number of aliphatic hydroxyl groups excluding tert-OH is 1. The molecule has 0 atom stereocenters. The molecule has 0 bridgehead atoms. The zero-order valence-corrected chi connectivity index (χ0v) is 12.8. The number of halogens is 1. The molecule has 2 amide bonds. The van der Waals surface area contributed by atoms with E-state index in [-0.39, 0.29) is 25.6 Å². The van der Waals surface area contributed by atoms with Crippen molar-refractivity contribution in [1.29, 1.82) is 0 Å². The minimum Gasteiger partial charge on any atom is -0.491 e. The predicted octanol–water partition coefficient (Wildman–Crippen LogP) is 2.83. The molecular formula is C17H19FN2O3. The first-order chi connectivity index (χ1) is 11.1. The second-order valence-electron chi connectivity index (χ2n) is 4.90. The molecule has 3 N–H and O–H groups in total. The highest BCUT2D eigenvalue weighted by Crippen LogP contribution is 2.19. The van der Waals surface area contributed by atoms with Crippen molar-refractivity contribution in [2.45, 2.75) is 13.5 Å². The van der Waals surface area contributed by atoms with E-state index in [1.165, 1.54) is 12.1 Å². The van der Waals surface area contributed by atoms with Crippen LogP contribution in [0.25, 0.3) is 0 Å². The first-order valence-corrected chi connectivity index (χ1v) is 7.23. The van der Waals surface area contributed by atoms with Crippen molar-refractivity contribution in [2.75, 3.05) is 18.5 Å². The fraction of sp³-hybridized carbons (Fsp3) is 0.235. The number of anilines is 1. The van der Waals surface area contributed by atoms with Crippen molar-refractivity contribution < 1.29 is 19.0 Å². The standard InChI is InChI=1S/C17H19FN2O3/c1-12-14(18)6-4-7-15(12)20-17(22)19-11-13-5-2-3-8-16(13)23-10-9-21/h2-8,21H,9-11H2,1H3,(H2,19,20,22). The van der Waals surface area contributed by atoms with Gasteiger partial charge in [-0.25, -0.2) is 9.18 Å². The molecule has 0 fully saturated rings. The van der Waals surface area contributed by atoms with E-state index in [0.29, 0.717) is 17.0 Å². The molecule has 5 nitrogen and oxygen atoms in total. The lowest BCUT2D eigenvalue weighted by atomic mass is 10.2. The van der Waals surface area contributed by atoms with Gasteiger partial charge in [0.1, 0.15) is 18.2 Å². The molecule has 0 aliphatic rings. The van der Waals surface area contributed by atoms with Gasteiger partial charge in [0, 0.05) is 23.4 Å². The molecule has 0 aliphatic carbocycles. The monoisotopic (exact) mass is 318 g/mol. The van der Waals surface area contributed by atoms with E-state index in [9.17, 15) is 9.18 Å². The summed E-state index contributed by atoms with van der Waals surface area (Å²) in [7, 11) is 0. The van der Waals surface area contributed by atoms with Gasteiger partial charge >= 0.3 is 6.03 Å². The zero-order valence-electron chi connectivity index (χ0n) is 12.8. The Balaban J connectivity index is 1.95. The minimum absolute atomic E-state index is 0.0822. The summed E-state index contributed by atoms with van der Waals surface area (Å²) in [4.78, 5) is 11.9. The molecule has 122 valence electrons. The van der Waals surface area contributed by atoms with E-state index in [2.05, 4.69) is 10.6 Å². The van der Waals surface area contributed by atoms with Crippen LogP contribution in [0.5, 0.6) is 5.75 Å². The van der Waals surface area contributed by atoms with E-state index >= 15 is 0 Å². The number of para-hydroxylation sites is 1. The maximum atomic E-state index is 13.4. The van der Waals surface area contributed by atoms with Gasteiger partial charge in [0.05, 0.1) is 6.61 Å². The van der Waals surface area contributed by atoms with Crippen LogP contribution >= 0.6 is 0 Å². The molecule has 6 heteroatoms. The summed E-state index contributed by atoms with van der Waals surface area (Å²) >= 11 is 0. The number of hydrogen-bond acceptors (Lipinski definition) is 3. The second-order valence-corrected chi connectivity index (χ2v) is 4.90. The predicted molar refractivity (Wildman–Crippen MR) is 86.0 cm³/mol. The van der Waals surface area contributed by atoms with Crippen LogP contribution in [-0.4, -0.2) is 24.4 Å². The molecule has 0 aliphatic heterocycles. The Kier molecular flexibility index (Phi) is 5.94. The van der Waals surface area contributed by atoms with Crippen LogP contribution in [0.15, 0.2) is 42.5 Å². The summed E-state index contributed by atoms with van der Waals surface area (Å²) in [5, 5.41) is 14.1. The molecule has 0 spiro atoms. The Morgan fingerprint density at radius 1 is 1.22 bits per heavy atom. The first-order valence-electron chi connectivity index (χ1n) is 7.23. The first kappa shape index (κ1) is 16.8. The van der Waals surface area contributed by atoms with E-state index in [4.69, 9.17) is 9.84 Å². The Morgan fingerprint density at radius 3 is 2.78 bits per heavy atom. The van der Waals surface area contributed by atoms with Gasteiger partial charge in [0.15, 0.2) is 0 Å². The van der Waals surface area contributed by atoms with Crippen LogP contribution in [0, 0.1) is 12.7 Å². The van der Waals surface area contributed by atoms with E-state index < -0.39 is 6.03 Å². The number of hydrogen-bond donors (Lipinski definition) is 3. The Hall–Kier alpha value is -2.60. The van der Waals surface area contributed by atoms with Gasteiger partial charge in [-0.1, -0.05) is 24.3 Å². The highest BCUT2D eigenvalue weighted by atomic mass is 19.1. The van der Waals surface area contributed by atoms with E-state index in [1.807, 2.05) is 18.2 Å². The summed E-state index contributed by atoms with van der Waals surface area (Å²) in [5.74, 6) is 0.231. The average Bonchev–Trinajstić information content (AvgIpc) is 2.56. The second kappa shape index (κ2) is 8.14. The third-order valence-corrected chi connectivity index (χ3v) is 3.28. The van der Waals surface area contributed by atoms with Crippen LogP contribution in [0.1, 0.15) is 11.1 Å². The Bertz CT molecular complexity index is 677. The van der Waals surface area contributed by atoms with Gasteiger partial charge in [-0.05, 0) is 25.1 Å². The Morgan fingerprint density at radius 2 is 2.00 bits per heavy atom.